The molecular weight excluding hydrogens is 366 g/mol. The minimum atomic E-state index is -1.07. The Kier molecular flexibility index (Phi) is 5.92. The molecular formula is C21H22F2N2O3. The quantitative estimate of drug-likeness (QED) is 0.867. The second kappa shape index (κ2) is 8.37. The van der Waals surface area contributed by atoms with Gasteiger partial charge in [0.15, 0.2) is 11.6 Å². The Bertz CT molecular complexity index is 901. The highest BCUT2D eigenvalue weighted by molar-refractivity contribution is 5.97. The lowest BCUT2D eigenvalue weighted by Crippen LogP contribution is -2.43. The molecule has 28 heavy (non-hydrogen) atoms. The van der Waals surface area contributed by atoms with E-state index >= 15 is 0 Å². The van der Waals surface area contributed by atoms with Crippen molar-refractivity contribution in [2.75, 3.05) is 25.5 Å². The first-order valence-corrected chi connectivity index (χ1v) is 9.09. The molecule has 2 aromatic carbocycles. The fourth-order valence-corrected chi connectivity index (χ4v) is 3.34. The van der Waals surface area contributed by atoms with Crippen LogP contribution in [0.5, 0.6) is 5.75 Å². The molecule has 0 aromatic heterocycles. The molecule has 2 amide bonds. The molecule has 0 aliphatic carbocycles. The van der Waals surface area contributed by atoms with Gasteiger partial charge >= 0.3 is 0 Å². The van der Waals surface area contributed by atoms with Crippen LogP contribution in [0.15, 0.2) is 36.4 Å². The number of ether oxygens (including phenoxy) is 1. The van der Waals surface area contributed by atoms with Crippen LogP contribution in [0.1, 0.15) is 28.8 Å². The minimum Gasteiger partial charge on any atom is -0.495 e. The van der Waals surface area contributed by atoms with Gasteiger partial charge in [0.2, 0.25) is 5.91 Å². The molecule has 0 spiro atoms. The average Bonchev–Trinajstić information content (AvgIpc) is 2.70. The molecule has 1 fully saturated rings. The summed E-state index contributed by atoms with van der Waals surface area (Å²) in [7, 11) is 1.53. The standard InChI is InChI=1S/C21H22F2N2O3/c1-13-5-8-19(28-2)18(10-13)24-20(26)15-4-3-9-25(12-15)21(27)14-6-7-16(22)17(23)11-14/h5-8,10-11,15H,3-4,9,12H2,1-2H3,(H,24,26). The van der Waals surface area contributed by atoms with E-state index in [4.69, 9.17) is 4.74 Å². The third-order valence-electron chi connectivity index (χ3n) is 4.86. The number of carbonyl (C=O) groups is 2. The predicted molar refractivity (Wildman–Crippen MR) is 101 cm³/mol. The lowest BCUT2D eigenvalue weighted by Gasteiger charge is -2.32. The van der Waals surface area contributed by atoms with Gasteiger partial charge < -0.3 is 15.0 Å². The number of hydrogen-bond donors (Lipinski definition) is 1. The molecule has 148 valence electrons. The lowest BCUT2D eigenvalue weighted by atomic mass is 9.96. The Morgan fingerprint density at radius 3 is 2.64 bits per heavy atom. The monoisotopic (exact) mass is 388 g/mol. The Balaban J connectivity index is 1.70. The highest BCUT2D eigenvalue weighted by Gasteiger charge is 2.29. The van der Waals surface area contributed by atoms with Gasteiger partial charge in [-0.05, 0) is 55.7 Å². The van der Waals surface area contributed by atoms with E-state index in [0.29, 0.717) is 30.8 Å². The average molecular weight is 388 g/mol. The van der Waals surface area contributed by atoms with E-state index in [1.165, 1.54) is 18.1 Å². The van der Waals surface area contributed by atoms with E-state index in [9.17, 15) is 18.4 Å². The van der Waals surface area contributed by atoms with E-state index < -0.39 is 23.5 Å². The maximum atomic E-state index is 13.4. The van der Waals surface area contributed by atoms with Crippen molar-refractivity contribution < 1.29 is 23.1 Å². The first kappa shape index (κ1) is 19.8. The fourth-order valence-electron chi connectivity index (χ4n) is 3.34. The number of halogens is 2. The molecule has 1 saturated heterocycles. The molecule has 2 aromatic rings. The van der Waals surface area contributed by atoms with Gasteiger partial charge in [-0.25, -0.2) is 8.78 Å². The van der Waals surface area contributed by atoms with Gasteiger partial charge in [-0.15, -0.1) is 0 Å². The highest BCUT2D eigenvalue weighted by Crippen LogP contribution is 2.27. The molecule has 0 radical (unpaired) electrons. The summed E-state index contributed by atoms with van der Waals surface area (Å²) in [5.41, 5.74) is 1.63. The first-order chi connectivity index (χ1) is 13.4. The molecule has 7 heteroatoms. The maximum Gasteiger partial charge on any atom is 0.253 e. The number of carbonyl (C=O) groups excluding carboxylic acids is 2. The van der Waals surface area contributed by atoms with Crippen molar-refractivity contribution in [1.29, 1.82) is 0 Å². The Morgan fingerprint density at radius 2 is 1.93 bits per heavy atom. The summed E-state index contributed by atoms with van der Waals surface area (Å²) in [6, 6.07) is 8.56. The molecule has 1 N–H and O–H groups in total. The molecule has 3 rings (SSSR count). The van der Waals surface area contributed by atoms with E-state index in [1.54, 1.807) is 6.07 Å². The third-order valence-corrected chi connectivity index (χ3v) is 4.86. The van der Waals surface area contributed by atoms with Crippen LogP contribution in [0.25, 0.3) is 0 Å². The molecule has 1 aliphatic rings. The van der Waals surface area contributed by atoms with Crippen LogP contribution in [0, 0.1) is 24.5 Å². The second-order valence-electron chi connectivity index (χ2n) is 6.91. The van der Waals surface area contributed by atoms with Crippen molar-refractivity contribution in [1.82, 2.24) is 4.90 Å². The number of nitrogens with one attached hydrogen (secondary N) is 1. The van der Waals surface area contributed by atoms with Crippen LogP contribution < -0.4 is 10.1 Å². The summed E-state index contributed by atoms with van der Waals surface area (Å²) >= 11 is 0. The van der Waals surface area contributed by atoms with E-state index in [-0.39, 0.29) is 18.0 Å². The number of amides is 2. The number of rotatable bonds is 4. The van der Waals surface area contributed by atoms with E-state index in [2.05, 4.69) is 5.32 Å². The summed E-state index contributed by atoms with van der Waals surface area (Å²) in [6.07, 6.45) is 1.29. The van der Waals surface area contributed by atoms with Crippen molar-refractivity contribution in [2.45, 2.75) is 19.8 Å². The number of methoxy groups -OCH3 is 1. The van der Waals surface area contributed by atoms with Gasteiger partial charge in [-0.3, -0.25) is 9.59 Å². The van der Waals surface area contributed by atoms with Gasteiger partial charge in [0.1, 0.15) is 5.75 Å². The van der Waals surface area contributed by atoms with Gasteiger partial charge in [0.05, 0.1) is 18.7 Å². The van der Waals surface area contributed by atoms with Crippen LogP contribution >= 0.6 is 0 Å². The van der Waals surface area contributed by atoms with Gasteiger partial charge in [0.25, 0.3) is 5.91 Å². The van der Waals surface area contributed by atoms with Crippen LogP contribution in [0.4, 0.5) is 14.5 Å². The van der Waals surface area contributed by atoms with E-state index in [1.807, 2.05) is 19.1 Å². The summed E-state index contributed by atoms with van der Waals surface area (Å²) in [5, 5.41) is 2.88. The predicted octanol–water partition coefficient (Wildman–Crippen LogP) is 3.77. The fraction of sp³-hybridized carbons (Fsp3) is 0.333. The molecule has 1 heterocycles. The van der Waals surface area contributed by atoms with Gasteiger partial charge in [0, 0.05) is 18.7 Å². The smallest absolute Gasteiger partial charge is 0.253 e. The Hall–Kier alpha value is -2.96. The number of anilines is 1. The Labute approximate surface area is 162 Å². The third kappa shape index (κ3) is 4.30. The normalized spacial score (nSPS) is 16.6. The zero-order chi connectivity index (χ0) is 20.3. The second-order valence-corrected chi connectivity index (χ2v) is 6.91. The van der Waals surface area contributed by atoms with Crippen molar-refractivity contribution in [3.8, 4) is 5.75 Å². The Morgan fingerprint density at radius 1 is 1.14 bits per heavy atom. The van der Waals surface area contributed by atoms with Crippen molar-refractivity contribution in [3.05, 3.63) is 59.2 Å². The summed E-state index contributed by atoms with van der Waals surface area (Å²) in [6.45, 7) is 2.60. The number of benzene rings is 2. The van der Waals surface area contributed by atoms with Gasteiger partial charge in [-0.1, -0.05) is 6.07 Å². The number of likely N-dealkylation sites (tertiary alicyclic amines) is 1. The van der Waals surface area contributed by atoms with Crippen molar-refractivity contribution in [3.63, 3.8) is 0 Å². The van der Waals surface area contributed by atoms with Crippen LogP contribution in [0.3, 0.4) is 0 Å². The molecule has 1 atom stereocenters. The van der Waals surface area contributed by atoms with Crippen LogP contribution in [0.2, 0.25) is 0 Å². The maximum absolute atomic E-state index is 13.4. The highest BCUT2D eigenvalue weighted by atomic mass is 19.2. The van der Waals surface area contributed by atoms with Crippen LogP contribution in [-0.2, 0) is 4.79 Å². The zero-order valence-electron chi connectivity index (χ0n) is 15.8. The molecule has 0 bridgehead atoms. The van der Waals surface area contributed by atoms with Crippen molar-refractivity contribution >= 4 is 17.5 Å². The molecule has 1 aliphatic heterocycles. The lowest BCUT2D eigenvalue weighted by molar-refractivity contribution is -0.121. The summed E-state index contributed by atoms with van der Waals surface area (Å²) < 4.78 is 31.8. The largest absolute Gasteiger partial charge is 0.495 e. The molecule has 0 saturated carbocycles. The van der Waals surface area contributed by atoms with Crippen molar-refractivity contribution in [2.24, 2.45) is 5.92 Å². The minimum absolute atomic E-state index is 0.0697. The number of nitrogens with zero attached hydrogens (tertiary/aromatic N) is 1. The number of aryl methyl sites for hydroxylation is 1. The van der Waals surface area contributed by atoms with Gasteiger partial charge in [-0.2, -0.15) is 0 Å². The topological polar surface area (TPSA) is 58.6 Å². The molecule has 1 unspecified atom stereocenters. The molecule has 5 nitrogen and oxygen atoms in total. The zero-order valence-corrected chi connectivity index (χ0v) is 15.8. The van der Waals surface area contributed by atoms with E-state index in [0.717, 1.165) is 17.7 Å². The SMILES string of the molecule is COc1ccc(C)cc1NC(=O)C1CCCN(C(=O)c2ccc(F)c(F)c2)C1. The summed E-state index contributed by atoms with van der Waals surface area (Å²) in [4.78, 5) is 26.9. The number of piperidine rings is 1. The first-order valence-electron chi connectivity index (χ1n) is 9.09. The summed E-state index contributed by atoms with van der Waals surface area (Å²) in [5.74, 6) is -2.52. The van der Waals surface area contributed by atoms with Crippen LogP contribution in [-0.4, -0.2) is 36.9 Å². The number of hydrogen-bond acceptors (Lipinski definition) is 3.